The van der Waals surface area contributed by atoms with E-state index >= 15 is 0 Å². The van der Waals surface area contributed by atoms with Gasteiger partial charge in [0.2, 0.25) is 0 Å². The molecule has 0 amide bonds. The number of hydrogen-bond acceptors (Lipinski definition) is 5. The van der Waals surface area contributed by atoms with Crippen LogP contribution in [0.3, 0.4) is 0 Å². The molecule has 0 bridgehead atoms. The fourth-order valence-corrected chi connectivity index (χ4v) is 3.22. The fourth-order valence-electron chi connectivity index (χ4n) is 3.22. The summed E-state index contributed by atoms with van der Waals surface area (Å²) in [4.78, 5) is 17.0. The number of carbonyl (C=O) groups is 1. The number of piperazine rings is 1. The molecule has 0 spiro atoms. The van der Waals surface area contributed by atoms with E-state index in [4.69, 9.17) is 9.47 Å². The van der Waals surface area contributed by atoms with Crippen LogP contribution in [0.1, 0.15) is 10.4 Å². The molecule has 0 aromatic heterocycles. The maximum Gasteiger partial charge on any atom is 0.338 e. The number of rotatable bonds is 7. The lowest BCUT2D eigenvalue weighted by Gasteiger charge is -2.37. The summed E-state index contributed by atoms with van der Waals surface area (Å²) in [6, 6.07) is 19.6. The molecule has 5 nitrogen and oxygen atoms in total. The van der Waals surface area contributed by atoms with Gasteiger partial charge in [0.15, 0.2) is 0 Å². The highest BCUT2D eigenvalue weighted by molar-refractivity contribution is 5.89. The highest BCUT2D eigenvalue weighted by Crippen LogP contribution is 2.16. The topological polar surface area (TPSA) is 42.0 Å². The Labute approximate surface area is 155 Å². The monoisotopic (exact) mass is 354 g/mol. The van der Waals surface area contributed by atoms with Crippen LogP contribution in [0.2, 0.25) is 0 Å². The lowest BCUT2D eigenvalue weighted by Crippen LogP contribution is -2.49. The smallest absolute Gasteiger partial charge is 0.338 e. The highest BCUT2D eigenvalue weighted by atomic mass is 16.6. The number of carbonyl (C=O) groups excluding carboxylic acids is 1. The minimum absolute atomic E-state index is 0.268. The zero-order chi connectivity index (χ0) is 18.2. The standard InChI is InChI=1S/C21H26N2O3/c1-25-17-20(26-21(24)18-8-4-2-5-9-18)16-22-12-14-23(15-13-22)19-10-6-3-7-11-19/h2-11,20H,12-17H2,1H3. The molecule has 1 heterocycles. The van der Waals surface area contributed by atoms with E-state index in [1.807, 2.05) is 24.3 Å². The van der Waals surface area contributed by atoms with Gasteiger partial charge in [0, 0.05) is 45.5 Å². The number of esters is 1. The molecule has 0 aliphatic carbocycles. The van der Waals surface area contributed by atoms with E-state index in [0.717, 1.165) is 26.2 Å². The Hall–Kier alpha value is -2.37. The Kier molecular flexibility index (Phi) is 6.63. The van der Waals surface area contributed by atoms with E-state index in [9.17, 15) is 4.79 Å². The Bertz CT molecular complexity index is 670. The third-order valence-electron chi connectivity index (χ3n) is 4.59. The molecule has 1 aliphatic heterocycles. The molecule has 2 aromatic rings. The first-order valence-corrected chi connectivity index (χ1v) is 9.03. The predicted octanol–water partition coefficient (Wildman–Crippen LogP) is 2.68. The summed E-state index contributed by atoms with van der Waals surface area (Å²) < 4.78 is 10.9. The van der Waals surface area contributed by atoms with E-state index in [2.05, 4.69) is 34.1 Å². The minimum Gasteiger partial charge on any atom is -0.455 e. The van der Waals surface area contributed by atoms with Crippen molar-refractivity contribution in [2.45, 2.75) is 6.10 Å². The molecular formula is C21H26N2O3. The summed E-state index contributed by atoms with van der Waals surface area (Å²) >= 11 is 0. The van der Waals surface area contributed by atoms with Gasteiger partial charge in [-0.2, -0.15) is 0 Å². The van der Waals surface area contributed by atoms with Gasteiger partial charge in [0.25, 0.3) is 0 Å². The van der Waals surface area contributed by atoms with Gasteiger partial charge in [-0.05, 0) is 24.3 Å². The van der Waals surface area contributed by atoms with Crippen LogP contribution in [0.5, 0.6) is 0 Å². The molecule has 3 rings (SSSR count). The minimum atomic E-state index is -0.296. The van der Waals surface area contributed by atoms with Crippen molar-refractivity contribution in [1.82, 2.24) is 4.90 Å². The van der Waals surface area contributed by atoms with Crippen molar-refractivity contribution in [3.05, 3.63) is 66.2 Å². The second-order valence-electron chi connectivity index (χ2n) is 6.47. The molecule has 0 N–H and O–H groups in total. The average molecular weight is 354 g/mol. The maximum absolute atomic E-state index is 12.3. The van der Waals surface area contributed by atoms with E-state index in [1.165, 1.54) is 5.69 Å². The van der Waals surface area contributed by atoms with Gasteiger partial charge in [-0.25, -0.2) is 4.79 Å². The summed E-state index contributed by atoms with van der Waals surface area (Å²) in [7, 11) is 1.64. The molecule has 0 radical (unpaired) electrons. The van der Waals surface area contributed by atoms with Gasteiger partial charge in [-0.15, -0.1) is 0 Å². The number of para-hydroxylation sites is 1. The second-order valence-corrected chi connectivity index (χ2v) is 6.47. The van der Waals surface area contributed by atoms with E-state index in [0.29, 0.717) is 18.7 Å². The van der Waals surface area contributed by atoms with Gasteiger partial charge in [-0.1, -0.05) is 36.4 Å². The van der Waals surface area contributed by atoms with E-state index in [-0.39, 0.29) is 12.1 Å². The normalized spacial score (nSPS) is 16.3. The van der Waals surface area contributed by atoms with Crippen LogP contribution in [0, 0.1) is 0 Å². The third-order valence-corrected chi connectivity index (χ3v) is 4.59. The summed E-state index contributed by atoms with van der Waals surface area (Å²) in [6.07, 6.45) is -0.268. The van der Waals surface area contributed by atoms with Crippen LogP contribution >= 0.6 is 0 Å². The zero-order valence-corrected chi connectivity index (χ0v) is 15.2. The number of nitrogens with zero attached hydrogens (tertiary/aromatic N) is 2. The summed E-state index contributed by atoms with van der Waals surface area (Å²) in [5.74, 6) is -0.296. The van der Waals surface area contributed by atoms with Crippen LogP contribution in [-0.2, 0) is 9.47 Å². The number of ether oxygens (including phenoxy) is 2. The van der Waals surface area contributed by atoms with Crippen molar-refractivity contribution in [3.8, 4) is 0 Å². The summed E-state index contributed by atoms with van der Waals surface area (Å²) in [6.45, 7) is 4.91. The molecule has 2 aromatic carbocycles. The van der Waals surface area contributed by atoms with Crippen molar-refractivity contribution < 1.29 is 14.3 Å². The predicted molar refractivity (Wildman–Crippen MR) is 103 cm³/mol. The first-order valence-electron chi connectivity index (χ1n) is 9.03. The third kappa shape index (κ3) is 5.07. The lowest BCUT2D eigenvalue weighted by molar-refractivity contribution is -0.00697. The molecule has 1 fully saturated rings. The van der Waals surface area contributed by atoms with Crippen molar-refractivity contribution in [2.24, 2.45) is 0 Å². The molecule has 1 aliphatic rings. The Morgan fingerprint density at radius 2 is 1.58 bits per heavy atom. The zero-order valence-electron chi connectivity index (χ0n) is 15.2. The Morgan fingerprint density at radius 1 is 0.962 bits per heavy atom. The highest BCUT2D eigenvalue weighted by Gasteiger charge is 2.23. The van der Waals surface area contributed by atoms with Gasteiger partial charge in [0.05, 0.1) is 12.2 Å². The summed E-state index contributed by atoms with van der Waals surface area (Å²) in [5, 5.41) is 0. The number of hydrogen-bond donors (Lipinski definition) is 0. The molecule has 26 heavy (non-hydrogen) atoms. The first-order chi connectivity index (χ1) is 12.8. The molecule has 0 saturated carbocycles. The van der Waals surface area contributed by atoms with Gasteiger partial charge in [-0.3, -0.25) is 4.90 Å². The fraction of sp³-hybridized carbons (Fsp3) is 0.381. The Morgan fingerprint density at radius 3 is 2.19 bits per heavy atom. The maximum atomic E-state index is 12.3. The van der Waals surface area contributed by atoms with Crippen LogP contribution in [-0.4, -0.2) is 63.4 Å². The molecule has 1 saturated heterocycles. The largest absolute Gasteiger partial charge is 0.455 e. The summed E-state index contributed by atoms with van der Waals surface area (Å²) in [5.41, 5.74) is 1.83. The van der Waals surface area contributed by atoms with Crippen LogP contribution in [0.4, 0.5) is 5.69 Å². The van der Waals surface area contributed by atoms with Crippen LogP contribution in [0.25, 0.3) is 0 Å². The quantitative estimate of drug-likeness (QED) is 0.715. The van der Waals surface area contributed by atoms with Gasteiger partial charge >= 0.3 is 5.97 Å². The van der Waals surface area contributed by atoms with Crippen molar-refractivity contribution >= 4 is 11.7 Å². The molecule has 138 valence electrons. The first kappa shape index (κ1) is 18.4. The lowest BCUT2D eigenvalue weighted by atomic mass is 10.2. The van der Waals surface area contributed by atoms with Crippen molar-refractivity contribution in [3.63, 3.8) is 0 Å². The van der Waals surface area contributed by atoms with Crippen molar-refractivity contribution in [2.75, 3.05) is 51.3 Å². The molecule has 1 atom stereocenters. The number of anilines is 1. The number of methoxy groups -OCH3 is 1. The van der Waals surface area contributed by atoms with Crippen LogP contribution < -0.4 is 4.90 Å². The van der Waals surface area contributed by atoms with Crippen molar-refractivity contribution in [1.29, 1.82) is 0 Å². The second kappa shape index (κ2) is 9.36. The van der Waals surface area contributed by atoms with E-state index in [1.54, 1.807) is 19.2 Å². The molecular weight excluding hydrogens is 328 g/mol. The Balaban J connectivity index is 1.51. The number of benzene rings is 2. The van der Waals surface area contributed by atoms with E-state index < -0.39 is 0 Å². The molecule has 5 heteroatoms. The van der Waals surface area contributed by atoms with Crippen LogP contribution in [0.15, 0.2) is 60.7 Å². The van der Waals surface area contributed by atoms with Gasteiger partial charge < -0.3 is 14.4 Å². The molecule has 1 unspecified atom stereocenters. The SMILES string of the molecule is COCC(CN1CCN(c2ccccc2)CC1)OC(=O)c1ccccc1. The van der Waals surface area contributed by atoms with Gasteiger partial charge in [0.1, 0.15) is 6.10 Å². The average Bonchev–Trinajstić information content (AvgIpc) is 2.70.